The van der Waals surface area contributed by atoms with E-state index in [1.807, 2.05) is 13.0 Å². The fourth-order valence-corrected chi connectivity index (χ4v) is 4.68. The van der Waals surface area contributed by atoms with Gasteiger partial charge in [0.1, 0.15) is 11.5 Å². The molecule has 0 radical (unpaired) electrons. The van der Waals surface area contributed by atoms with E-state index in [2.05, 4.69) is 5.32 Å². The summed E-state index contributed by atoms with van der Waals surface area (Å²) in [4.78, 5) is 12.3. The number of anilines is 1. The number of rotatable bonds is 7. The van der Waals surface area contributed by atoms with Gasteiger partial charge in [-0.2, -0.15) is 4.31 Å². The number of amides is 1. The molecule has 1 N–H and O–H groups in total. The third-order valence-corrected chi connectivity index (χ3v) is 6.69. The first-order valence-electron chi connectivity index (χ1n) is 9.26. The van der Waals surface area contributed by atoms with Gasteiger partial charge in [0, 0.05) is 13.1 Å². The lowest BCUT2D eigenvalue weighted by Gasteiger charge is -2.26. The van der Waals surface area contributed by atoms with Gasteiger partial charge < -0.3 is 19.5 Å². The van der Waals surface area contributed by atoms with Crippen molar-refractivity contribution < 1.29 is 27.4 Å². The Morgan fingerprint density at radius 2 is 1.87 bits per heavy atom. The van der Waals surface area contributed by atoms with Gasteiger partial charge in [0.25, 0.3) is 5.91 Å². The third kappa shape index (κ3) is 5.23. The van der Waals surface area contributed by atoms with E-state index >= 15 is 0 Å². The standard InChI is InChI=1S/C20H23ClN2O6S/c1-14-3-5-19(27-2)17(11-14)22-20(24)13-29-18-6-4-15(12-16(18)21)30(25,26)23-7-9-28-10-8-23/h3-6,11-12H,7-10,13H2,1-2H3,(H,22,24). The highest BCUT2D eigenvalue weighted by molar-refractivity contribution is 7.89. The molecule has 1 fully saturated rings. The summed E-state index contributed by atoms with van der Waals surface area (Å²) < 4.78 is 42.7. The molecule has 8 nitrogen and oxygen atoms in total. The molecule has 0 aliphatic carbocycles. The Morgan fingerprint density at radius 3 is 2.53 bits per heavy atom. The van der Waals surface area contributed by atoms with Crippen LogP contribution in [-0.4, -0.2) is 58.7 Å². The molecule has 1 aliphatic rings. The van der Waals surface area contributed by atoms with Crippen molar-refractivity contribution in [1.29, 1.82) is 0 Å². The number of hydrogen-bond acceptors (Lipinski definition) is 6. The molecule has 0 unspecified atom stereocenters. The van der Waals surface area contributed by atoms with Gasteiger partial charge in [-0.1, -0.05) is 17.7 Å². The van der Waals surface area contributed by atoms with Crippen molar-refractivity contribution in [2.45, 2.75) is 11.8 Å². The Morgan fingerprint density at radius 1 is 1.17 bits per heavy atom. The Balaban J connectivity index is 1.65. The van der Waals surface area contributed by atoms with Crippen molar-refractivity contribution in [3.63, 3.8) is 0 Å². The molecule has 1 aliphatic heterocycles. The highest BCUT2D eigenvalue weighted by Gasteiger charge is 2.27. The van der Waals surface area contributed by atoms with Gasteiger partial charge in [-0.05, 0) is 42.8 Å². The number of sulfonamides is 1. The number of nitrogens with zero attached hydrogens (tertiary/aromatic N) is 1. The minimum atomic E-state index is -3.66. The quantitative estimate of drug-likeness (QED) is 0.691. The van der Waals surface area contributed by atoms with Gasteiger partial charge in [0.2, 0.25) is 10.0 Å². The molecule has 1 saturated heterocycles. The van der Waals surface area contributed by atoms with Crippen molar-refractivity contribution >= 4 is 33.2 Å². The van der Waals surface area contributed by atoms with E-state index in [0.29, 0.717) is 37.7 Å². The van der Waals surface area contributed by atoms with Crippen LogP contribution in [0.4, 0.5) is 5.69 Å². The molecule has 30 heavy (non-hydrogen) atoms. The summed E-state index contributed by atoms with van der Waals surface area (Å²) in [6, 6.07) is 9.59. The fraction of sp³-hybridized carbons (Fsp3) is 0.350. The zero-order chi connectivity index (χ0) is 21.7. The predicted molar refractivity (Wildman–Crippen MR) is 113 cm³/mol. The minimum Gasteiger partial charge on any atom is -0.495 e. The first-order chi connectivity index (χ1) is 14.3. The van der Waals surface area contributed by atoms with E-state index in [1.165, 1.54) is 29.6 Å². The molecular formula is C20H23ClN2O6S. The van der Waals surface area contributed by atoms with Crippen LogP contribution in [-0.2, 0) is 19.6 Å². The number of ether oxygens (including phenoxy) is 3. The number of nitrogens with one attached hydrogen (secondary N) is 1. The van der Waals surface area contributed by atoms with Crippen LogP contribution in [0.2, 0.25) is 5.02 Å². The molecule has 2 aromatic carbocycles. The number of halogens is 1. The molecule has 2 aromatic rings. The second-order valence-electron chi connectivity index (χ2n) is 6.65. The molecule has 10 heteroatoms. The van der Waals surface area contributed by atoms with Crippen LogP contribution < -0.4 is 14.8 Å². The summed E-state index contributed by atoms with van der Waals surface area (Å²) in [5.74, 6) is 0.341. The van der Waals surface area contributed by atoms with Gasteiger partial charge >= 0.3 is 0 Å². The van der Waals surface area contributed by atoms with Crippen molar-refractivity contribution in [1.82, 2.24) is 4.31 Å². The maximum atomic E-state index is 12.7. The number of hydrogen-bond donors (Lipinski definition) is 1. The highest BCUT2D eigenvalue weighted by atomic mass is 35.5. The zero-order valence-electron chi connectivity index (χ0n) is 16.7. The summed E-state index contributed by atoms with van der Waals surface area (Å²) in [7, 11) is -2.15. The van der Waals surface area contributed by atoms with Crippen LogP contribution in [0, 0.1) is 6.92 Å². The molecule has 0 aromatic heterocycles. The number of carbonyl (C=O) groups excluding carboxylic acids is 1. The molecule has 0 spiro atoms. The summed E-state index contributed by atoms with van der Waals surface area (Å²) in [5.41, 5.74) is 1.50. The number of carbonyl (C=O) groups is 1. The molecule has 1 amide bonds. The van der Waals surface area contributed by atoms with Crippen molar-refractivity contribution in [2.75, 3.05) is 45.3 Å². The summed E-state index contributed by atoms with van der Waals surface area (Å²) in [6.45, 7) is 2.90. The van der Waals surface area contributed by atoms with E-state index in [-0.39, 0.29) is 22.3 Å². The topological polar surface area (TPSA) is 94.2 Å². The van der Waals surface area contributed by atoms with E-state index in [9.17, 15) is 13.2 Å². The lowest BCUT2D eigenvalue weighted by Crippen LogP contribution is -2.40. The number of morpholine rings is 1. The molecular weight excluding hydrogens is 432 g/mol. The van der Waals surface area contributed by atoms with Crippen LogP contribution in [0.5, 0.6) is 11.5 Å². The van der Waals surface area contributed by atoms with Gasteiger partial charge in [0.05, 0.1) is 35.9 Å². The van der Waals surface area contributed by atoms with Crippen molar-refractivity contribution in [3.8, 4) is 11.5 Å². The lowest BCUT2D eigenvalue weighted by molar-refractivity contribution is -0.118. The van der Waals surface area contributed by atoms with E-state index in [0.717, 1.165) is 5.56 Å². The van der Waals surface area contributed by atoms with Gasteiger partial charge in [-0.25, -0.2) is 8.42 Å². The van der Waals surface area contributed by atoms with Crippen LogP contribution in [0.25, 0.3) is 0 Å². The third-order valence-electron chi connectivity index (χ3n) is 4.50. The average Bonchev–Trinajstić information content (AvgIpc) is 2.73. The maximum absolute atomic E-state index is 12.7. The zero-order valence-corrected chi connectivity index (χ0v) is 18.3. The normalized spacial score (nSPS) is 14.9. The number of benzene rings is 2. The molecule has 0 bridgehead atoms. The molecule has 1 heterocycles. The maximum Gasteiger partial charge on any atom is 0.262 e. The highest BCUT2D eigenvalue weighted by Crippen LogP contribution is 2.29. The first kappa shape index (κ1) is 22.4. The smallest absolute Gasteiger partial charge is 0.262 e. The molecule has 162 valence electrons. The second-order valence-corrected chi connectivity index (χ2v) is 8.99. The largest absolute Gasteiger partial charge is 0.495 e. The Labute approximate surface area is 180 Å². The molecule has 0 atom stereocenters. The summed E-state index contributed by atoms with van der Waals surface area (Å²) in [6.07, 6.45) is 0. The summed E-state index contributed by atoms with van der Waals surface area (Å²) >= 11 is 6.20. The van der Waals surface area contributed by atoms with Crippen LogP contribution in [0.3, 0.4) is 0 Å². The monoisotopic (exact) mass is 454 g/mol. The first-order valence-corrected chi connectivity index (χ1v) is 11.1. The molecule has 0 saturated carbocycles. The van der Waals surface area contributed by atoms with Crippen LogP contribution >= 0.6 is 11.6 Å². The molecule has 3 rings (SSSR count). The predicted octanol–water partition coefficient (Wildman–Crippen LogP) is 2.70. The summed E-state index contributed by atoms with van der Waals surface area (Å²) in [5, 5.41) is 2.83. The van der Waals surface area contributed by atoms with Crippen LogP contribution in [0.15, 0.2) is 41.3 Å². The SMILES string of the molecule is COc1ccc(C)cc1NC(=O)COc1ccc(S(=O)(=O)N2CCOCC2)cc1Cl. The Hall–Kier alpha value is -2.33. The van der Waals surface area contributed by atoms with Gasteiger partial charge in [-0.15, -0.1) is 0 Å². The van der Waals surface area contributed by atoms with E-state index in [1.54, 1.807) is 12.1 Å². The number of methoxy groups -OCH3 is 1. The fourth-order valence-electron chi connectivity index (χ4n) is 2.94. The average molecular weight is 455 g/mol. The lowest BCUT2D eigenvalue weighted by atomic mass is 10.2. The second kappa shape index (κ2) is 9.65. The number of aryl methyl sites for hydroxylation is 1. The van der Waals surface area contributed by atoms with Crippen molar-refractivity contribution in [3.05, 3.63) is 47.0 Å². The Bertz CT molecular complexity index is 1020. The van der Waals surface area contributed by atoms with Crippen LogP contribution in [0.1, 0.15) is 5.56 Å². The Kier molecular flexibility index (Phi) is 7.19. The van der Waals surface area contributed by atoms with Crippen molar-refractivity contribution in [2.24, 2.45) is 0 Å². The van der Waals surface area contributed by atoms with E-state index in [4.69, 9.17) is 25.8 Å². The van der Waals surface area contributed by atoms with Gasteiger partial charge in [0.15, 0.2) is 6.61 Å². The van der Waals surface area contributed by atoms with E-state index < -0.39 is 15.9 Å². The minimum absolute atomic E-state index is 0.0655. The van der Waals surface area contributed by atoms with Gasteiger partial charge in [-0.3, -0.25) is 4.79 Å².